The molecule has 0 atom stereocenters. The second-order valence-corrected chi connectivity index (χ2v) is 5.17. The molecule has 0 spiro atoms. The van der Waals surface area contributed by atoms with Crippen molar-refractivity contribution in [1.29, 1.82) is 0 Å². The van der Waals surface area contributed by atoms with Crippen molar-refractivity contribution in [2.24, 2.45) is 0 Å². The molecule has 0 heterocycles. The molecule has 3 N–H and O–H groups in total. The summed E-state index contributed by atoms with van der Waals surface area (Å²) >= 11 is 0. The fraction of sp³-hybridized carbons (Fsp3) is 0.222. The van der Waals surface area contributed by atoms with E-state index >= 15 is 0 Å². The lowest BCUT2D eigenvalue weighted by Crippen LogP contribution is -2.20. The highest BCUT2D eigenvalue weighted by Gasteiger charge is 2.12. The maximum Gasteiger partial charge on any atom is 0.323 e. The molecule has 0 fully saturated rings. The Labute approximate surface area is 146 Å². The van der Waals surface area contributed by atoms with Crippen molar-refractivity contribution in [2.45, 2.75) is 6.42 Å². The third kappa shape index (κ3) is 4.87. The van der Waals surface area contributed by atoms with Crippen LogP contribution in [0, 0.1) is 0 Å². The van der Waals surface area contributed by atoms with E-state index in [2.05, 4.69) is 16.0 Å². The van der Waals surface area contributed by atoms with Crippen LogP contribution < -0.4 is 25.4 Å². The fourth-order valence-corrected chi connectivity index (χ4v) is 2.25. The van der Waals surface area contributed by atoms with Crippen molar-refractivity contribution in [1.82, 2.24) is 5.32 Å². The maximum absolute atomic E-state index is 12.2. The molecule has 3 amide bonds. The summed E-state index contributed by atoms with van der Waals surface area (Å²) < 4.78 is 10.5. The number of carbonyl (C=O) groups excluding carboxylic acids is 2. The van der Waals surface area contributed by atoms with Crippen LogP contribution in [-0.2, 0) is 11.2 Å². The summed E-state index contributed by atoms with van der Waals surface area (Å²) in [4.78, 5) is 23.5. The molecule has 132 valence electrons. The number of benzene rings is 2. The van der Waals surface area contributed by atoms with E-state index in [1.54, 1.807) is 49.5 Å². The number of nitrogens with one attached hydrogen (secondary N) is 3. The second-order valence-electron chi connectivity index (χ2n) is 5.17. The summed E-state index contributed by atoms with van der Waals surface area (Å²) in [6.45, 7) is 0. The lowest BCUT2D eigenvalue weighted by Gasteiger charge is -2.14. The van der Waals surface area contributed by atoms with E-state index in [1.165, 1.54) is 14.2 Å². The quantitative estimate of drug-likeness (QED) is 0.752. The molecule has 0 bridgehead atoms. The zero-order chi connectivity index (χ0) is 18.2. The lowest BCUT2D eigenvalue weighted by atomic mass is 10.1. The molecule has 25 heavy (non-hydrogen) atoms. The molecule has 0 aromatic heterocycles. The molecule has 0 aliphatic carbocycles. The van der Waals surface area contributed by atoms with Crippen molar-refractivity contribution >= 4 is 23.3 Å². The number of ether oxygens (including phenoxy) is 2. The highest BCUT2D eigenvalue weighted by atomic mass is 16.5. The van der Waals surface area contributed by atoms with Gasteiger partial charge >= 0.3 is 6.03 Å². The molecule has 2 aromatic rings. The van der Waals surface area contributed by atoms with Crippen LogP contribution >= 0.6 is 0 Å². The van der Waals surface area contributed by atoms with Gasteiger partial charge in [-0.15, -0.1) is 0 Å². The zero-order valence-corrected chi connectivity index (χ0v) is 14.4. The summed E-state index contributed by atoms with van der Waals surface area (Å²) in [5, 5.41) is 8.02. The Morgan fingerprint density at radius 3 is 2.28 bits per heavy atom. The van der Waals surface area contributed by atoms with Crippen LogP contribution in [0.3, 0.4) is 0 Å². The summed E-state index contributed by atoms with van der Waals surface area (Å²) in [6, 6.07) is 11.9. The van der Waals surface area contributed by atoms with Crippen LogP contribution in [0.15, 0.2) is 42.5 Å². The van der Waals surface area contributed by atoms with Gasteiger partial charge in [0, 0.05) is 12.7 Å². The molecule has 0 radical (unpaired) electrons. The largest absolute Gasteiger partial charge is 0.493 e. The number of anilines is 2. The van der Waals surface area contributed by atoms with Crippen molar-refractivity contribution in [3.8, 4) is 11.5 Å². The van der Waals surface area contributed by atoms with Crippen molar-refractivity contribution in [2.75, 3.05) is 31.9 Å². The molecule has 0 aliphatic rings. The molecule has 0 aliphatic heterocycles. The van der Waals surface area contributed by atoms with Gasteiger partial charge < -0.3 is 25.4 Å². The number of hydrogen-bond donors (Lipinski definition) is 3. The van der Waals surface area contributed by atoms with Crippen molar-refractivity contribution in [3.05, 3.63) is 48.0 Å². The van der Waals surface area contributed by atoms with Crippen LogP contribution in [0.5, 0.6) is 11.5 Å². The average molecular weight is 343 g/mol. The number of likely N-dealkylation sites (N-methyl/N-ethyl adjacent to an activating group) is 1. The van der Waals surface area contributed by atoms with Gasteiger partial charge in [-0.05, 0) is 29.8 Å². The smallest absolute Gasteiger partial charge is 0.323 e. The van der Waals surface area contributed by atoms with E-state index in [0.29, 0.717) is 29.3 Å². The standard InChI is InChI=1S/C18H21N3O4/c1-19-16(22)11-12-7-9-13(10-8-12)20-18(23)21-14-5-4-6-15(24-2)17(14)25-3/h4-10H,11H2,1-3H3,(H,19,22)(H2,20,21,23). The highest BCUT2D eigenvalue weighted by molar-refractivity contribution is 6.01. The number of rotatable bonds is 6. The minimum absolute atomic E-state index is 0.0661. The van der Waals surface area contributed by atoms with Gasteiger partial charge in [0.15, 0.2) is 11.5 Å². The molecule has 7 heteroatoms. The number of carbonyl (C=O) groups is 2. The number of urea groups is 1. The van der Waals surface area contributed by atoms with Crippen molar-refractivity contribution in [3.63, 3.8) is 0 Å². The predicted molar refractivity (Wildman–Crippen MR) is 96.4 cm³/mol. The third-order valence-electron chi connectivity index (χ3n) is 3.51. The SMILES string of the molecule is CNC(=O)Cc1ccc(NC(=O)Nc2cccc(OC)c2OC)cc1. The summed E-state index contributed by atoms with van der Waals surface area (Å²) in [6.07, 6.45) is 0.296. The Morgan fingerprint density at radius 1 is 0.960 bits per heavy atom. The first kappa shape index (κ1) is 18.1. The molecule has 2 aromatic carbocycles. The molecule has 0 saturated carbocycles. The van der Waals surface area contributed by atoms with Gasteiger partial charge in [-0.1, -0.05) is 18.2 Å². The zero-order valence-electron chi connectivity index (χ0n) is 14.4. The maximum atomic E-state index is 12.2. The molecular formula is C18H21N3O4. The Kier molecular flexibility index (Phi) is 6.22. The lowest BCUT2D eigenvalue weighted by molar-refractivity contribution is -0.119. The minimum atomic E-state index is -0.411. The molecular weight excluding hydrogens is 322 g/mol. The Bertz CT molecular complexity index is 744. The van der Waals surface area contributed by atoms with E-state index in [4.69, 9.17) is 9.47 Å². The molecule has 0 unspecified atom stereocenters. The number of para-hydroxylation sites is 1. The minimum Gasteiger partial charge on any atom is -0.493 e. The molecule has 2 rings (SSSR count). The molecule has 7 nitrogen and oxygen atoms in total. The van der Waals surface area contributed by atoms with Crippen LogP contribution in [0.1, 0.15) is 5.56 Å². The number of methoxy groups -OCH3 is 2. The summed E-state index contributed by atoms with van der Waals surface area (Å²) in [7, 11) is 4.63. The van der Waals surface area contributed by atoms with E-state index in [9.17, 15) is 9.59 Å². The van der Waals surface area contributed by atoms with Gasteiger partial charge in [0.25, 0.3) is 0 Å². The molecule has 0 saturated heterocycles. The summed E-state index contributed by atoms with van der Waals surface area (Å²) in [5.74, 6) is 0.906. The van der Waals surface area contributed by atoms with Crippen LogP contribution in [0.25, 0.3) is 0 Å². The van der Waals surface area contributed by atoms with Gasteiger partial charge in [-0.2, -0.15) is 0 Å². The van der Waals surface area contributed by atoms with E-state index in [0.717, 1.165) is 5.56 Å². The normalized spacial score (nSPS) is 9.88. The highest BCUT2D eigenvalue weighted by Crippen LogP contribution is 2.34. The van der Waals surface area contributed by atoms with Crippen molar-refractivity contribution < 1.29 is 19.1 Å². The van der Waals surface area contributed by atoms with Gasteiger partial charge in [0.05, 0.1) is 26.3 Å². The van der Waals surface area contributed by atoms with E-state index < -0.39 is 6.03 Å². The Balaban J connectivity index is 2.02. The van der Waals surface area contributed by atoms with Crippen LogP contribution in [-0.4, -0.2) is 33.2 Å². The first-order chi connectivity index (χ1) is 12.1. The Morgan fingerprint density at radius 2 is 1.68 bits per heavy atom. The van der Waals surface area contributed by atoms with Gasteiger partial charge in [-0.3, -0.25) is 4.79 Å². The number of amides is 3. The Hall–Kier alpha value is -3.22. The summed E-state index contributed by atoms with van der Waals surface area (Å²) in [5.41, 5.74) is 1.97. The first-order valence-corrected chi connectivity index (χ1v) is 7.66. The third-order valence-corrected chi connectivity index (χ3v) is 3.51. The van der Waals surface area contributed by atoms with Gasteiger partial charge in [0.2, 0.25) is 5.91 Å². The van der Waals surface area contributed by atoms with E-state index in [1.807, 2.05) is 0 Å². The van der Waals surface area contributed by atoms with E-state index in [-0.39, 0.29) is 5.91 Å². The predicted octanol–water partition coefficient (Wildman–Crippen LogP) is 2.64. The van der Waals surface area contributed by atoms with Gasteiger partial charge in [-0.25, -0.2) is 4.79 Å². The second kappa shape index (κ2) is 8.58. The monoisotopic (exact) mass is 343 g/mol. The van der Waals surface area contributed by atoms with Crippen LogP contribution in [0.4, 0.5) is 16.2 Å². The number of hydrogen-bond acceptors (Lipinski definition) is 4. The first-order valence-electron chi connectivity index (χ1n) is 7.66. The van der Waals surface area contributed by atoms with Gasteiger partial charge in [0.1, 0.15) is 0 Å². The average Bonchev–Trinajstić information content (AvgIpc) is 2.62. The topological polar surface area (TPSA) is 88.7 Å². The fourth-order valence-electron chi connectivity index (χ4n) is 2.25. The van der Waals surface area contributed by atoms with Crippen LogP contribution in [0.2, 0.25) is 0 Å².